The van der Waals surface area contributed by atoms with E-state index in [1.807, 2.05) is 18.2 Å². The summed E-state index contributed by atoms with van der Waals surface area (Å²) < 4.78 is 5.26. The van der Waals surface area contributed by atoms with Gasteiger partial charge in [-0.2, -0.15) is 0 Å². The lowest BCUT2D eigenvalue weighted by molar-refractivity contribution is -0.139. The van der Waals surface area contributed by atoms with Gasteiger partial charge >= 0.3 is 5.97 Å². The second kappa shape index (κ2) is 5.05. The van der Waals surface area contributed by atoms with E-state index in [0.29, 0.717) is 5.56 Å². The van der Waals surface area contributed by atoms with Gasteiger partial charge in [-0.15, -0.1) is 0 Å². The Kier molecular flexibility index (Phi) is 3.31. The van der Waals surface area contributed by atoms with Crippen molar-refractivity contribution in [2.24, 2.45) is 10.9 Å². The number of hydrogen-bond acceptors (Lipinski definition) is 5. The zero-order valence-electron chi connectivity index (χ0n) is 12.4. The first-order valence-electron chi connectivity index (χ1n) is 7.09. The fourth-order valence-corrected chi connectivity index (χ4v) is 2.79. The fourth-order valence-electron chi connectivity index (χ4n) is 2.79. The van der Waals surface area contributed by atoms with Gasteiger partial charge in [-0.3, -0.25) is 14.5 Å². The number of aliphatic imine (C=N–C) groups is 1. The molecule has 22 heavy (non-hydrogen) atoms. The van der Waals surface area contributed by atoms with E-state index in [1.165, 1.54) is 7.05 Å². The predicted molar refractivity (Wildman–Crippen MR) is 78.0 cm³/mol. The Morgan fingerprint density at radius 2 is 1.95 bits per heavy atom. The van der Waals surface area contributed by atoms with E-state index < -0.39 is 17.4 Å². The van der Waals surface area contributed by atoms with Crippen LogP contribution in [0.25, 0.3) is 0 Å². The highest BCUT2D eigenvalue weighted by atomic mass is 16.6. The molecule has 6 heteroatoms. The highest BCUT2D eigenvalue weighted by molar-refractivity contribution is 6.08. The van der Waals surface area contributed by atoms with E-state index in [9.17, 15) is 14.4 Å². The average molecular weight is 300 g/mol. The second-order valence-electron chi connectivity index (χ2n) is 5.84. The Hall–Kier alpha value is -2.50. The Morgan fingerprint density at radius 1 is 1.27 bits per heavy atom. The monoisotopic (exact) mass is 300 g/mol. The number of amides is 2. The van der Waals surface area contributed by atoms with Crippen LogP contribution >= 0.6 is 0 Å². The van der Waals surface area contributed by atoms with Crippen molar-refractivity contribution in [2.75, 3.05) is 7.05 Å². The summed E-state index contributed by atoms with van der Waals surface area (Å²) in [4.78, 5) is 41.3. The molecule has 0 radical (unpaired) electrons. The summed E-state index contributed by atoms with van der Waals surface area (Å²) in [6.07, 6.45) is 0.297. The highest BCUT2D eigenvalue weighted by Crippen LogP contribution is 2.33. The van der Waals surface area contributed by atoms with Crippen molar-refractivity contribution in [3.63, 3.8) is 0 Å². The van der Waals surface area contributed by atoms with Crippen molar-refractivity contribution in [3.8, 4) is 0 Å². The normalized spacial score (nSPS) is 28.1. The maximum atomic E-state index is 12.2. The molecule has 2 aliphatic rings. The molecule has 1 fully saturated rings. The van der Waals surface area contributed by atoms with Crippen LogP contribution in [0.2, 0.25) is 0 Å². The number of nitrogens with zero attached hydrogens (tertiary/aromatic N) is 2. The molecular weight excluding hydrogens is 284 g/mol. The lowest BCUT2D eigenvalue weighted by Gasteiger charge is -2.18. The molecule has 2 aliphatic heterocycles. The summed E-state index contributed by atoms with van der Waals surface area (Å²) in [6, 6.07) is 9.12. The number of rotatable bonds is 3. The third kappa shape index (κ3) is 2.30. The van der Waals surface area contributed by atoms with E-state index in [1.54, 1.807) is 19.1 Å². The van der Waals surface area contributed by atoms with Gasteiger partial charge in [0.15, 0.2) is 5.54 Å². The van der Waals surface area contributed by atoms with Gasteiger partial charge in [0.05, 0.1) is 5.92 Å². The standard InChI is InChI=1S/C16H16N2O4/c1-16(9-11-8-12(19)18(2)14(11)20)15(21)22-13(17-16)10-6-4-3-5-7-10/h3-7,11H,8-9H2,1-2H3/t11-,16-/m0/s1. The fraction of sp³-hybridized carbons (Fsp3) is 0.375. The largest absolute Gasteiger partial charge is 0.405 e. The molecule has 0 N–H and O–H groups in total. The molecule has 0 spiro atoms. The van der Waals surface area contributed by atoms with Crippen molar-refractivity contribution in [2.45, 2.75) is 25.3 Å². The van der Waals surface area contributed by atoms with Crippen molar-refractivity contribution in [3.05, 3.63) is 35.9 Å². The van der Waals surface area contributed by atoms with Gasteiger partial charge in [0.1, 0.15) is 0 Å². The van der Waals surface area contributed by atoms with E-state index >= 15 is 0 Å². The minimum Gasteiger partial charge on any atom is -0.405 e. The van der Waals surface area contributed by atoms with Gasteiger partial charge < -0.3 is 4.74 Å². The molecule has 0 saturated carbocycles. The van der Waals surface area contributed by atoms with Gasteiger partial charge in [-0.05, 0) is 25.5 Å². The smallest absolute Gasteiger partial charge is 0.340 e. The zero-order valence-corrected chi connectivity index (χ0v) is 12.4. The minimum absolute atomic E-state index is 0.119. The Morgan fingerprint density at radius 3 is 2.55 bits per heavy atom. The Balaban J connectivity index is 1.84. The number of hydrogen-bond donors (Lipinski definition) is 0. The van der Waals surface area contributed by atoms with Crippen LogP contribution in [-0.2, 0) is 19.1 Å². The first-order valence-corrected chi connectivity index (χ1v) is 7.09. The Labute approximate surface area is 127 Å². The molecule has 6 nitrogen and oxygen atoms in total. The summed E-state index contributed by atoms with van der Waals surface area (Å²) in [5.41, 5.74) is -0.415. The van der Waals surface area contributed by atoms with E-state index in [4.69, 9.17) is 4.74 Å². The molecule has 1 aromatic carbocycles. The topological polar surface area (TPSA) is 76.0 Å². The molecular formula is C16H16N2O4. The number of likely N-dealkylation sites (tertiary alicyclic amines) is 1. The molecule has 2 heterocycles. The van der Waals surface area contributed by atoms with Crippen LogP contribution in [0.15, 0.2) is 35.3 Å². The van der Waals surface area contributed by atoms with Crippen LogP contribution in [0.1, 0.15) is 25.3 Å². The van der Waals surface area contributed by atoms with Gasteiger partial charge in [-0.1, -0.05) is 18.2 Å². The third-order valence-corrected chi connectivity index (χ3v) is 4.12. The molecule has 0 bridgehead atoms. The van der Waals surface area contributed by atoms with Gasteiger partial charge in [-0.25, -0.2) is 9.79 Å². The predicted octanol–water partition coefficient (Wildman–Crippen LogP) is 1.14. The lowest BCUT2D eigenvalue weighted by Crippen LogP contribution is -2.35. The van der Waals surface area contributed by atoms with Crippen LogP contribution in [0.4, 0.5) is 0 Å². The summed E-state index contributed by atoms with van der Waals surface area (Å²) >= 11 is 0. The van der Waals surface area contributed by atoms with Crippen LogP contribution in [0.3, 0.4) is 0 Å². The van der Waals surface area contributed by atoms with Crippen LogP contribution < -0.4 is 0 Å². The number of ether oxygens (including phenoxy) is 1. The van der Waals surface area contributed by atoms with Gasteiger partial charge in [0.25, 0.3) is 0 Å². The molecule has 0 unspecified atom stereocenters. The van der Waals surface area contributed by atoms with E-state index in [0.717, 1.165) is 4.90 Å². The van der Waals surface area contributed by atoms with Crippen molar-refractivity contribution >= 4 is 23.7 Å². The molecule has 0 aliphatic carbocycles. The van der Waals surface area contributed by atoms with E-state index in [-0.39, 0.29) is 30.6 Å². The number of benzene rings is 1. The molecule has 1 saturated heterocycles. The van der Waals surface area contributed by atoms with Crippen LogP contribution in [-0.4, -0.2) is 41.2 Å². The highest BCUT2D eigenvalue weighted by Gasteiger charge is 2.48. The quantitative estimate of drug-likeness (QED) is 0.619. The first-order chi connectivity index (χ1) is 10.4. The molecule has 1 aromatic rings. The zero-order chi connectivity index (χ0) is 15.9. The molecule has 3 rings (SSSR count). The van der Waals surface area contributed by atoms with Crippen molar-refractivity contribution < 1.29 is 19.1 Å². The van der Waals surface area contributed by atoms with Crippen molar-refractivity contribution in [1.82, 2.24) is 4.90 Å². The summed E-state index contributed by atoms with van der Waals surface area (Å²) in [6.45, 7) is 1.64. The number of imide groups is 1. The summed E-state index contributed by atoms with van der Waals surface area (Å²) in [5, 5.41) is 0. The number of esters is 1. The minimum atomic E-state index is -1.13. The molecule has 114 valence electrons. The lowest BCUT2D eigenvalue weighted by atomic mass is 9.89. The third-order valence-electron chi connectivity index (χ3n) is 4.12. The van der Waals surface area contributed by atoms with Crippen LogP contribution in [0.5, 0.6) is 0 Å². The molecule has 2 amide bonds. The number of carbonyl (C=O) groups is 3. The number of carbonyl (C=O) groups excluding carboxylic acids is 3. The molecule has 2 atom stereocenters. The van der Waals surface area contributed by atoms with Crippen molar-refractivity contribution in [1.29, 1.82) is 0 Å². The molecule has 0 aromatic heterocycles. The maximum Gasteiger partial charge on any atom is 0.340 e. The first kappa shape index (κ1) is 14.4. The number of cyclic esters (lactones) is 1. The average Bonchev–Trinajstić information content (AvgIpc) is 2.92. The van der Waals surface area contributed by atoms with E-state index in [2.05, 4.69) is 4.99 Å². The Bertz CT molecular complexity index is 683. The summed E-state index contributed by atoms with van der Waals surface area (Å²) in [7, 11) is 1.46. The maximum absolute atomic E-state index is 12.2. The SMILES string of the molecule is CN1C(=O)C[C@@H](C[C@]2(C)N=C(c3ccccc3)OC2=O)C1=O. The van der Waals surface area contributed by atoms with Crippen LogP contribution in [0, 0.1) is 5.92 Å². The van der Waals surface area contributed by atoms with Gasteiger partial charge in [0, 0.05) is 19.0 Å². The van der Waals surface area contributed by atoms with Gasteiger partial charge in [0.2, 0.25) is 17.7 Å². The second-order valence-corrected chi connectivity index (χ2v) is 5.84. The summed E-state index contributed by atoms with van der Waals surface area (Å²) in [5.74, 6) is -1.23.